The van der Waals surface area contributed by atoms with E-state index in [0.29, 0.717) is 6.42 Å². The molecule has 1 aromatic carbocycles. The summed E-state index contributed by atoms with van der Waals surface area (Å²) in [6.45, 7) is 2.10. The molecule has 0 amide bonds. The summed E-state index contributed by atoms with van der Waals surface area (Å²) in [5.41, 5.74) is 0.361. The van der Waals surface area contributed by atoms with E-state index in [1.54, 1.807) is 7.11 Å². The molecule has 1 aromatic rings. The van der Waals surface area contributed by atoms with Crippen LogP contribution in [0.25, 0.3) is 0 Å². The van der Waals surface area contributed by atoms with Crippen LogP contribution in [-0.2, 0) is 11.2 Å². The van der Waals surface area contributed by atoms with Gasteiger partial charge in [-0.05, 0) is 36.8 Å². The van der Waals surface area contributed by atoms with E-state index in [4.69, 9.17) is 4.74 Å². The molecule has 0 aliphatic heterocycles. The first-order valence-electron chi connectivity index (χ1n) is 8.35. The number of methoxy groups -OCH3 is 1. The summed E-state index contributed by atoms with van der Waals surface area (Å²) >= 11 is 0. The molecule has 2 rings (SSSR count). The highest BCUT2D eigenvalue weighted by Gasteiger charge is 2.42. The summed E-state index contributed by atoms with van der Waals surface area (Å²) < 4.78 is 5.40. The Kier molecular flexibility index (Phi) is 6.03. The lowest BCUT2D eigenvalue weighted by Gasteiger charge is -2.35. The van der Waals surface area contributed by atoms with Gasteiger partial charge in [0.05, 0.1) is 12.5 Å². The number of carboxylic acid groups (broad SMARTS) is 1. The van der Waals surface area contributed by atoms with Gasteiger partial charge in [0.25, 0.3) is 0 Å². The molecule has 0 saturated heterocycles. The van der Waals surface area contributed by atoms with E-state index < -0.39 is 11.4 Å². The fourth-order valence-electron chi connectivity index (χ4n) is 3.37. The third kappa shape index (κ3) is 3.84. The predicted molar refractivity (Wildman–Crippen MR) is 92.7 cm³/mol. The first-order valence-corrected chi connectivity index (χ1v) is 8.35. The van der Waals surface area contributed by atoms with Crippen molar-refractivity contribution in [2.45, 2.75) is 39.0 Å². The van der Waals surface area contributed by atoms with Gasteiger partial charge in [0.15, 0.2) is 0 Å². The van der Waals surface area contributed by atoms with Crippen molar-refractivity contribution in [2.75, 3.05) is 7.11 Å². The van der Waals surface area contributed by atoms with Crippen LogP contribution in [0.3, 0.4) is 0 Å². The van der Waals surface area contributed by atoms with Crippen molar-refractivity contribution in [3.63, 3.8) is 0 Å². The largest absolute Gasteiger partial charge is 0.496 e. The Morgan fingerprint density at radius 3 is 2.78 bits per heavy atom. The van der Waals surface area contributed by atoms with Crippen LogP contribution in [-0.4, -0.2) is 18.2 Å². The van der Waals surface area contributed by atoms with Gasteiger partial charge in [0, 0.05) is 0 Å². The van der Waals surface area contributed by atoms with E-state index in [0.717, 1.165) is 37.0 Å². The van der Waals surface area contributed by atoms with Crippen LogP contribution in [0.4, 0.5) is 0 Å². The highest BCUT2D eigenvalue weighted by Crippen LogP contribution is 2.41. The second-order valence-electron chi connectivity index (χ2n) is 6.15. The van der Waals surface area contributed by atoms with Crippen LogP contribution in [0.1, 0.15) is 38.2 Å². The van der Waals surface area contributed by atoms with E-state index >= 15 is 0 Å². The van der Waals surface area contributed by atoms with E-state index in [-0.39, 0.29) is 5.92 Å². The summed E-state index contributed by atoms with van der Waals surface area (Å²) in [6, 6.07) is 7.95. The Balaban J connectivity index is 2.17. The molecule has 124 valence electrons. The minimum atomic E-state index is -0.771. The maximum atomic E-state index is 12.0. The lowest BCUT2D eigenvalue weighted by atomic mass is 9.67. The number of carboxylic acids is 1. The highest BCUT2D eigenvalue weighted by molar-refractivity contribution is 5.78. The molecular weight excluding hydrogens is 288 g/mol. The van der Waals surface area contributed by atoms with E-state index in [1.807, 2.05) is 36.4 Å². The molecule has 23 heavy (non-hydrogen) atoms. The van der Waals surface area contributed by atoms with Gasteiger partial charge in [-0.15, -0.1) is 0 Å². The molecule has 0 heterocycles. The van der Waals surface area contributed by atoms with Gasteiger partial charge in [0.1, 0.15) is 5.75 Å². The molecule has 0 fully saturated rings. The zero-order valence-corrected chi connectivity index (χ0v) is 14.0. The number of benzene rings is 1. The average Bonchev–Trinajstić information content (AvgIpc) is 2.58. The molecule has 3 nitrogen and oxygen atoms in total. The Morgan fingerprint density at radius 1 is 1.30 bits per heavy atom. The van der Waals surface area contributed by atoms with Crippen molar-refractivity contribution >= 4 is 5.97 Å². The SMILES string of the molecule is CCCCC1(C(=O)O)C=CC=CC1CCc1ccccc1OC. The van der Waals surface area contributed by atoms with Crippen LogP contribution in [0, 0.1) is 11.3 Å². The molecule has 0 radical (unpaired) electrons. The third-order valence-electron chi connectivity index (χ3n) is 4.77. The minimum Gasteiger partial charge on any atom is -0.496 e. The maximum Gasteiger partial charge on any atom is 0.314 e. The maximum absolute atomic E-state index is 12.0. The zero-order valence-electron chi connectivity index (χ0n) is 14.0. The first kappa shape index (κ1) is 17.3. The Hall–Kier alpha value is -2.03. The van der Waals surface area contributed by atoms with E-state index in [1.165, 1.54) is 0 Å². The Bertz CT molecular complexity index is 588. The number of unbranched alkanes of at least 4 members (excludes halogenated alkanes) is 1. The van der Waals surface area contributed by atoms with Crippen molar-refractivity contribution in [3.8, 4) is 5.75 Å². The smallest absolute Gasteiger partial charge is 0.314 e. The number of ether oxygens (including phenoxy) is 1. The van der Waals surface area contributed by atoms with Gasteiger partial charge >= 0.3 is 5.97 Å². The van der Waals surface area contributed by atoms with Crippen LogP contribution in [0.15, 0.2) is 48.6 Å². The first-order chi connectivity index (χ1) is 11.1. The third-order valence-corrected chi connectivity index (χ3v) is 4.77. The Labute approximate surface area is 138 Å². The van der Waals surface area contributed by atoms with Crippen LogP contribution in [0.5, 0.6) is 5.75 Å². The summed E-state index contributed by atoms with van der Waals surface area (Å²) in [7, 11) is 1.67. The summed E-state index contributed by atoms with van der Waals surface area (Å²) in [6.07, 6.45) is 12.0. The highest BCUT2D eigenvalue weighted by atomic mass is 16.5. The molecule has 3 heteroatoms. The summed E-state index contributed by atoms with van der Waals surface area (Å²) in [5.74, 6) is 0.176. The van der Waals surface area contributed by atoms with Crippen molar-refractivity contribution in [1.29, 1.82) is 0 Å². The van der Waals surface area contributed by atoms with Crippen LogP contribution < -0.4 is 4.74 Å². The van der Waals surface area contributed by atoms with Gasteiger partial charge in [-0.25, -0.2) is 0 Å². The monoisotopic (exact) mass is 314 g/mol. The molecule has 0 aromatic heterocycles. The molecule has 2 atom stereocenters. The number of aliphatic carboxylic acids is 1. The fourth-order valence-corrected chi connectivity index (χ4v) is 3.37. The second kappa shape index (κ2) is 8.00. The summed E-state index contributed by atoms with van der Waals surface area (Å²) in [4.78, 5) is 12.0. The van der Waals surface area contributed by atoms with Crippen molar-refractivity contribution in [3.05, 3.63) is 54.1 Å². The van der Waals surface area contributed by atoms with Crippen LogP contribution in [0.2, 0.25) is 0 Å². The molecule has 1 N–H and O–H groups in total. The number of aryl methyl sites for hydroxylation is 1. The summed E-state index contributed by atoms with van der Waals surface area (Å²) in [5, 5.41) is 9.87. The van der Waals surface area contributed by atoms with Gasteiger partial charge in [-0.1, -0.05) is 62.3 Å². The standard InChI is InChI=1S/C20H26O3/c1-3-4-14-20(19(21)22)15-8-7-10-17(20)13-12-16-9-5-6-11-18(16)23-2/h5-11,15,17H,3-4,12-14H2,1-2H3,(H,21,22). The molecule has 1 aliphatic carbocycles. The number of hydrogen-bond donors (Lipinski definition) is 1. The number of para-hydroxylation sites is 1. The fraction of sp³-hybridized carbons (Fsp3) is 0.450. The topological polar surface area (TPSA) is 46.5 Å². The predicted octanol–water partition coefficient (Wildman–Crippen LogP) is 4.63. The quantitative estimate of drug-likeness (QED) is 0.761. The minimum absolute atomic E-state index is 0.0152. The molecule has 2 unspecified atom stereocenters. The van der Waals surface area contributed by atoms with E-state index in [2.05, 4.69) is 19.1 Å². The van der Waals surface area contributed by atoms with Crippen molar-refractivity contribution < 1.29 is 14.6 Å². The molecular formula is C20H26O3. The number of allylic oxidation sites excluding steroid dienone is 3. The second-order valence-corrected chi connectivity index (χ2v) is 6.15. The van der Waals surface area contributed by atoms with Gasteiger partial charge in [-0.3, -0.25) is 4.79 Å². The van der Waals surface area contributed by atoms with Gasteiger partial charge < -0.3 is 9.84 Å². The van der Waals surface area contributed by atoms with E-state index in [9.17, 15) is 9.90 Å². The average molecular weight is 314 g/mol. The molecule has 0 bridgehead atoms. The van der Waals surface area contributed by atoms with Crippen molar-refractivity contribution in [1.82, 2.24) is 0 Å². The lowest BCUT2D eigenvalue weighted by molar-refractivity contribution is -0.148. The normalized spacial score (nSPS) is 23.0. The van der Waals surface area contributed by atoms with Crippen LogP contribution >= 0.6 is 0 Å². The number of hydrogen-bond acceptors (Lipinski definition) is 2. The number of carbonyl (C=O) groups is 1. The number of rotatable bonds is 8. The van der Waals surface area contributed by atoms with Crippen molar-refractivity contribution in [2.24, 2.45) is 11.3 Å². The van der Waals surface area contributed by atoms with Gasteiger partial charge in [-0.2, -0.15) is 0 Å². The molecule has 0 saturated carbocycles. The zero-order chi connectivity index (χ0) is 16.7. The lowest BCUT2D eigenvalue weighted by Crippen LogP contribution is -2.37. The van der Waals surface area contributed by atoms with Gasteiger partial charge in [0.2, 0.25) is 0 Å². The molecule has 1 aliphatic rings. The Morgan fingerprint density at radius 2 is 2.09 bits per heavy atom. The molecule has 0 spiro atoms.